The van der Waals surface area contributed by atoms with Crippen LogP contribution in [0, 0.1) is 0 Å². The highest BCUT2D eigenvalue weighted by Gasteiger charge is 2.18. The van der Waals surface area contributed by atoms with Crippen molar-refractivity contribution >= 4 is 11.9 Å². The topological polar surface area (TPSA) is 92.4 Å². The van der Waals surface area contributed by atoms with Gasteiger partial charge in [-0.2, -0.15) is 0 Å². The van der Waals surface area contributed by atoms with Gasteiger partial charge in [0.15, 0.2) is 0 Å². The number of carbonyl (C=O) groups is 2. The minimum Gasteiger partial charge on any atom is -0.481 e. The summed E-state index contributed by atoms with van der Waals surface area (Å²) in [4.78, 5) is 21.9. The quantitative estimate of drug-likeness (QED) is 0.592. The van der Waals surface area contributed by atoms with Crippen LogP contribution in [-0.4, -0.2) is 29.1 Å². The Labute approximate surface area is 94.7 Å². The first-order valence-electron chi connectivity index (χ1n) is 5.52. The van der Waals surface area contributed by atoms with Crippen LogP contribution in [0.2, 0.25) is 0 Å². The number of aliphatic carboxylic acids is 1. The van der Waals surface area contributed by atoms with Crippen LogP contribution in [0.25, 0.3) is 0 Å². The molecule has 1 rings (SSSR count). The van der Waals surface area contributed by atoms with Gasteiger partial charge in [-0.3, -0.25) is 9.59 Å². The lowest BCUT2D eigenvalue weighted by Gasteiger charge is -2.21. The number of carboxylic acids is 1. The van der Waals surface area contributed by atoms with Crippen LogP contribution in [-0.2, 0) is 9.59 Å². The Bertz CT molecular complexity index is 289. The van der Waals surface area contributed by atoms with Crippen LogP contribution in [0.3, 0.4) is 0 Å². The highest BCUT2D eigenvalue weighted by atomic mass is 16.4. The second-order valence-electron chi connectivity index (χ2n) is 4.03. The molecule has 0 aliphatic heterocycles. The molecular weight excluding hydrogens is 208 g/mol. The maximum Gasteiger partial charge on any atom is 0.303 e. The average Bonchev–Trinajstić information content (AvgIpc) is 2.27. The maximum atomic E-state index is 11.6. The molecule has 0 saturated carbocycles. The number of rotatable bonds is 5. The van der Waals surface area contributed by atoms with Gasteiger partial charge in [0.2, 0.25) is 5.91 Å². The Morgan fingerprint density at radius 2 is 2.25 bits per heavy atom. The predicted octanol–water partition coefficient (Wildman–Crippen LogP) is 0.403. The Balaban J connectivity index is 2.27. The smallest absolute Gasteiger partial charge is 0.303 e. The number of carboxylic acid groups (broad SMARTS) is 1. The number of amides is 1. The van der Waals surface area contributed by atoms with E-state index in [-0.39, 0.29) is 24.8 Å². The molecule has 0 saturated heterocycles. The second-order valence-corrected chi connectivity index (χ2v) is 4.03. The maximum absolute atomic E-state index is 11.6. The van der Waals surface area contributed by atoms with E-state index in [1.54, 1.807) is 0 Å². The van der Waals surface area contributed by atoms with E-state index >= 15 is 0 Å². The first-order chi connectivity index (χ1) is 7.59. The first-order valence-corrected chi connectivity index (χ1v) is 5.52. The van der Waals surface area contributed by atoms with Crippen LogP contribution in [0.5, 0.6) is 0 Å². The van der Waals surface area contributed by atoms with Gasteiger partial charge >= 0.3 is 5.97 Å². The van der Waals surface area contributed by atoms with Crippen LogP contribution in [0.1, 0.15) is 32.1 Å². The summed E-state index contributed by atoms with van der Waals surface area (Å²) in [5.41, 5.74) is 5.59. The molecule has 90 valence electrons. The number of hydrogen-bond acceptors (Lipinski definition) is 3. The van der Waals surface area contributed by atoms with Crippen molar-refractivity contribution in [3.05, 3.63) is 12.2 Å². The van der Waals surface area contributed by atoms with Gasteiger partial charge in [0.1, 0.15) is 0 Å². The third kappa shape index (κ3) is 4.44. The lowest BCUT2D eigenvalue weighted by molar-refractivity contribution is -0.137. The predicted molar refractivity (Wildman–Crippen MR) is 59.8 cm³/mol. The molecule has 1 aliphatic rings. The summed E-state index contributed by atoms with van der Waals surface area (Å²) < 4.78 is 0. The Hall–Kier alpha value is -1.36. The van der Waals surface area contributed by atoms with Gasteiger partial charge in [0.05, 0.1) is 6.04 Å². The molecule has 0 fully saturated rings. The van der Waals surface area contributed by atoms with Crippen molar-refractivity contribution in [2.24, 2.45) is 5.73 Å². The van der Waals surface area contributed by atoms with E-state index in [0.29, 0.717) is 0 Å². The molecule has 1 aliphatic carbocycles. The van der Waals surface area contributed by atoms with E-state index in [9.17, 15) is 9.59 Å². The van der Waals surface area contributed by atoms with Crippen LogP contribution < -0.4 is 11.1 Å². The molecule has 5 heteroatoms. The number of hydrogen-bond donors (Lipinski definition) is 3. The zero-order valence-electron chi connectivity index (χ0n) is 9.19. The summed E-state index contributed by atoms with van der Waals surface area (Å²) in [6, 6.07) is -0.574. The SMILES string of the molecule is NC(CCC(=O)O)C(=O)NC1CC=CCC1. The van der Waals surface area contributed by atoms with E-state index in [0.717, 1.165) is 19.3 Å². The second kappa shape index (κ2) is 6.27. The lowest BCUT2D eigenvalue weighted by Crippen LogP contribution is -2.45. The zero-order valence-corrected chi connectivity index (χ0v) is 9.19. The fraction of sp³-hybridized carbons (Fsp3) is 0.636. The van der Waals surface area contributed by atoms with E-state index in [2.05, 4.69) is 11.4 Å². The largest absolute Gasteiger partial charge is 0.481 e. The summed E-state index contributed by atoms with van der Waals surface area (Å²) in [5, 5.41) is 11.3. The van der Waals surface area contributed by atoms with Crippen molar-refractivity contribution in [2.75, 3.05) is 0 Å². The summed E-state index contributed by atoms with van der Waals surface area (Å²) in [5.74, 6) is -1.18. The Kier molecular flexibility index (Phi) is 4.98. The fourth-order valence-electron chi connectivity index (χ4n) is 1.64. The lowest BCUT2D eigenvalue weighted by atomic mass is 10.0. The molecule has 0 spiro atoms. The summed E-state index contributed by atoms with van der Waals surface area (Å²) in [6.07, 6.45) is 6.97. The van der Waals surface area contributed by atoms with Gasteiger partial charge in [-0.05, 0) is 25.7 Å². The number of nitrogens with two attached hydrogens (primary N) is 1. The normalized spacial score (nSPS) is 21.4. The van der Waals surface area contributed by atoms with Crippen molar-refractivity contribution < 1.29 is 14.7 Å². The fourth-order valence-corrected chi connectivity index (χ4v) is 1.64. The van der Waals surface area contributed by atoms with Crippen molar-refractivity contribution in [2.45, 2.75) is 44.2 Å². The van der Waals surface area contributed by atoms with Gasteiger partial charge < -0.3 is 16.2 Å². The Morgan fingerprint density at radius 3 is 2.81 bits per heavy atom. The van der Waals surface area contributed by atoms with Crippen LogP contribution >= 0.6 is 0 Å². The van der Waals surface area contributed by atoms with Crippen LogP contribution in [0.4, 0.5) is 0 Å². The molecular formula is C11H18N2O3. The van der Waals surface area contributed by atoms with Crippen molar-refractivity contribution in [3.8, 4) is 0 Å². The summed E-state index contributed by atoms with van der Waals surface area (Å²) in [6.45, 7) is 0. The minimum atomic E-state index is -0.927. The molecule has 0 heterocycles. The van der Waals surface area contributed by atoms with E-state index in [4.69, 9.17) is 10.8 Å². The highest BCUT2D eigenvalue weighted by molar-refractivity contribution is 5.82. The summed E-state index contributed by atoms with van der Waals surface area (Å²) >= 11 is 0. The first kappa shape index (κ1) is 12.7. The van der Waals surface area contributed by atoms with Gasteiger partial charge in [-0.1, -0.05) is 12.2 Å². The van der Waals surface area contributed by atoms with Crippen molar-refractivity contribution in [1.29, 1.82) is 0 Å². The summed E-state index contributed by atoms with van der Waals surface area (Å²) in [7, 11) is 0. The third-order valence-electron chi connectivity index (χ3n) is 2.62. The van der Waals surface area contributed by atoms with Gasteiger partial charge in [0, 0.05) is 12.5 Å². The standard InChI is InChI=1S/C11H18N2O3/c12-9(6-7-10(14)15)11(16)13-8-4-2-1-3-5-8/h1-2,8-9H,3-7,12H2,(H,13,16)(H,14,15). The third-order valence-corrected chi connectivity index (χ3v) is 2.62. The van der Waals surface area contributed by atoms with Gasteiger partial charge in [0.25, 0.3) is 0 Å². The molecule has 4 N–H and O–H groups in total. The number of nitrogens with one attached hydrogen (secondary N) is 1. The van der Waals surface area contributed by atoms with Crippen LogP contribution in [0.15, 0.2) is 12.2 Å². The van der Waals surface area contributed by atoms with E-state index in [1.807, 2.05) is 6.08 Å². The number of carbonyl (C=O) groups excluding carboxylic acids is 1. The molecule has 16 heavy (non-hydrogen) atoms. The molecule has 1 amide bonds. The molecule has 0 aromatic heterocycles. The highest BCUT2D eigenvalue weighted by Crippen LogP contribution is 2.10. The molecule has 0 aromatic rings. The van der Waals surface area contributed by atoms with E-state index in [1.165, 1.54) is 0 Å². The molecule has 0 radical (unpaired) electrons. The molecule has 2 unspecified atom stereocenters. The molecule has 2 atom stereocenters. The van der Waals surface area contributed by atoms with Crippen molar-refractivity contribution in [3.63, 3.8) is 0 Å². The molecule has 0 aromatic carbocycles. The van der Waals surface area contributed by atoms with E-state index < -0.39 is 12.0 Å². The average molecular weight is 226 g/mol. The monoisotopic (exact) mass is 226 g/mol. The molecule has 0 bridgehead atoms. The number of allylic oxidation sites excluding steroid dienone is 1. The Morgan fingerprint density at radius 1 is 1.50 bits per heavy atom. The zero-order chi connectivity index (χ0) is 12.0. The molecule has 5 nitrogen and oxygen atoms in total. The van der Waals surface area contributed by atoms with Crippen molar-refractivity contribution in [1.82, 2.24) is 5.32 Å². The van der Waals surface area contributed by atoms with Gasteiger partial charge in [-0.25, -0.2) is 0 Å². The van der Waals surface area contributed by atoms with Gasteiger partial charge in [-0.15, -0.1) is 0 Å². The minimum absolute atomic E-state index is 0.0703.